The molecule has 0 saturated carbocycles. The first-order valence-electron chi connectivity index (χ1n) is 7.62. The Kier molecular flexibility index (Phi) is 3.50. The molecular formula is C19H15ClN2O. The number of para-hydroxylation sites is 2. The monoisotopic (exact) mass is 322 g/mol. The number of Topliss-reactive ketones (excluding diaryl/α,β-unsaturated/α-hetero) is 1. The summed E-state index contributed by atoms with van der Waals surface area (Å²) in [6, 6.07) is 15.6. The van der Waals surface area contributed by atoms with Crippen molar-refractivity contribution in [3.63, 3.8) is 0 Å². The van der Waals surface area contributed by atoms with Crippen molar-refractivity contribution in [2.75, 3.05) is 5.32 Å². The number of halogens is 1. The van der Waals surface area contributed by atoms with Crippen molar-refractivity contribution in [3.8, 4) is 0 Å². The summed E-state index contributed by atoms with van der Waals surface area (Å²) in [5, 5.41) is 4.11. The Morgan fingerprint density at radius 3 is 2.83 bits per heavy atom. The molecule has 1 atom stereocenters. The number of aliphatic imine (C=N–C) groups is 1. The molecular weight excluding hydrogens is 308 g/mol. The van der Waals surface area contributed by atoms with Gasteiger partial charge in [0.2, 0.25) is 0 Å². The largest absolute Gasteiger partial charge is 0.356 e. The van der Waals surface area contributed by atoms with Gasteiger partial charge >= 0.3 is 0 Å². The molecule has 0 fully saturated rings. The van der Waals surface area contributed by atoms with Gasteiger partial charge in [0.15, 0.2) is 5.78 Å². The third-order valence-corrected chi connectivity index (χ3v) is 4.59. The first-order chi connectivity index (χ1) is 11.2. The summed E-state index contributed by atoms with van der Waals surface area (Å²) in [6.45, 7) is 0. The summed E-state index contributed by atoms with van der Waals surface area (Å²) >= 11 is 6.10. The zero-order chi connectivity index (χ0) is 15.8. The average Bonchev–Trinajstić information content (AvgIpc) is 2.74. The smallest absolute Gasteiger partial charge is 0.166 e. The van der Waals surface area contributed by atoms with Crippen LogP contribution in [-0.4, -0.2) is 12.0 Å². The minimum atomic E-state index is 0.125. The molecule has 0 radical (unpaired) electrons. The van der Waals surface area contributed by atoms with Gasteiger partial charge in [0.25, 0.3) is 0 Å². The van der Waals surface area contributed by atoms with Crippen LogP contribution in [-0.2, 0) is 4.79 Å². The third kappa shape index (κ3) is 2.68. The number of fused-ring (bicyclic) bond motifs is 1. The van der Waals surface area contributed by atoms with E-state index in [2.05, 4.69) is 10.3 Å². The molecule has 114 valence electrons. The number of carbonyl (C=O) groups excluding carboxylic acids is 1. The van der Waals surface area contributed by atoms with Crippen LogP contribution >= 0.6 is 11.6 Å². The van der Waals surface area contributed by atoms with Crippen molar-refractivity contribution < 1.29 is 4.79 Å². The van der Waals surface area contributed by atoms with Gasteiger partial charge in [0, 0.05) is 23.4 Å². The summed E-state index contributed by atoms with van der Waals surface area (Å²) in [7, 11) is 0. The number of hydrogen-bond donors (Lipinski definition) is 1. The molecule has 0 unspecified atom stereocenters. The lowest BCUT2D eigenvalue weighted by Gasteiger charge is -2.25. The average molecular weight is 323 g/mol. The first-order valence-corrected chi connectivity index (χ1v) is 8.00. The Morgan fingerprint density at radius 1 is 1.09 bits per heavy atom. The molecule has 4 heteroatoms. The molecule has 4 rings (SSSR count). The normalized spacial score (nSPS) is 19.7. The highest BCUT2D eigenvalue weighted by Crippen LogP contribution is 2.38. The summed E-state index contributed by atoms with van der Waals surface area (Å²) in [6.07, 6.45) is 2.97. The molecule has 2 aromatic rings. The number of hydrogen-bond acceptors (Lipinski definition) is 3. The number of rotatable bonds is 1. The number of anilines is 1. The number of allylic oxidation sites excluding steroid dienone is 2. The number of carbonyl (C=O) groups is 1. The van der Waals surface area contributed by atoms with Crippen LogP contribution in [0.4, 0.5) is 11.4 Å². The molecule has 2 aromatic carbocycles. The van der Waals surface area contributed by atoms with E-state index in [9.17, 15) is 4.79 Å². The van der Waals surface area contributed by atoms with Crippen LogP contribution in [0.5, 0.6) is 0 Å². The van der Waals surface area contributed by atoms with Crippen LogP contribution in [0.15, 0.2) is 64.8 Å². The van der Waals surface area contributed by atoms with Crippen molar-refractivity contribution in [2.45, 2.75) is 18.8 Å². The molecule has 1 N–H and O–H groups in total. The van der Waals surface area contributed by atoms with Crippen molar-refractivity contribution in [1.82, 2.24) is 0 Å². The predicted molar refractivity (Wildman–Crippen MR) is 93.7 cm³/mol. The molecule has 3 nitrogen and oxygen atoms in total. The van der Waals surface area contributed by atoms with Gasteiger partial charge in [0.1, 0.15) is 0 Å². The SMILES string of the molecule is O=C1C[C@@H](c2cccc(Cl)c2)CC2=C1C=Nc1ccccc1N2. The lowest BCUT2D eigenvalue weighted by Crippen LogP contribution is -2.22. The van der Waals surface area contributed by atoms with Gasteiger partial charge in [-0.25, -0.2) is 0 Å². The Labute approximate surface area is 139 Å². The standard InChI is InChI=1S/C19H15ClN2O/c20-14-5-3-4-12(8-14)13-9-18-15(19(23)10-13)11-21-16-6-1-2-7-17(16)22-18/h1-8,11,13,22H,9-10H2/t13-/m0/s1. The highest BCUT2D eigenvalue weighted by Gasteiger charge is 2.29. The number of benzene rings is 2. The van der Waals surface area contributed by atoms with E-state index in [1.165, 1.54) is 0 Å². The van der Waals surface area contributed by atoms with Crippen molar-refractivity contribution in [3.05, 3.63) is 70.4 Å². The molecule has 0 spiro atoms. The highest BCUT2D eigenvalue weighted by molar-refractivity contribution is 6.30. The van der Waals surface area contributed by atoms with E-state index in [1.807, 2.05) is 48.5 Å². The van der Waals surface area contributed by atoms with E-state index in [-0.39, 0.29) is 11.7 Å². The fraction of sp³-hybridized carbons (Fsp3) is 0.158. The van der Waals surface area contributed by atoms with Gasteiger partial charge < -0.3 is 5.32 Å². The van der Waals surface area contributed by atoms with E-state index >= 15 is 0 Å². The molecule has 0 amide bonds. The van der Waals surface area contributed by atoms with Gasteiger partial charge in [-0.2, -0.15) is 0 Å². The molecule has 0 saturated heterocycles. The second-order valence-electron chi connectivity index (χ2n) is 5.88. The predicted octanol–water partition coefficient (Wildman–Crippen LogP) is 4.87. The molecule has 1 aliphatic carbocycles. The van der Waals surface area contributed by atoms with E-state index < -0.39 is 0 Å². The second kappa shape index (κ2) is 5.67. The van der Waals surface area contributed by atoms with Crippen molar-refractivity contribution >= 4 is 35.0 Å². The van der Waals surface area contributed by atoms with Crippen molar-refractivity contribution in [1.29, 1.82) is 0 Å². The first kappa shape index (κ1) is 14.2. The molecule has 0 bridgehead atoms. The van der Waals surface area contributed by atoms with Gasteiger partial charge in [0.05, 0.1) is 16.9 Å². The van der Waals surface area contributed by atoms with Gasteiger partial charge in [-0.05, 0) is 42.2 Å². The fourth-order valence-corrected chi connectivity index (χ4v) is 3.38. The zero-order valence-electron chi connectivity index (χ0n) is 12.4. The van der Waals surface area contributed by atoms with Gasteiger partial charge in [-0.15, -0.1) is 0 Å². The minimum Gasteiger partial charge on any atom is -0.356 e. The molecule has 23 heavy (non-hydrogen) atoms. The van der Waals surface area contributed by atoms with Crippen molar-refractivity contribution in [2.24, 2.45) is 4.99 Å². The van der Waals surface area contributed by atoms with E-state index in [0.29, 0.717) is 17.0 Å². The Morgan fingerprint density at radius 2 is 1.96 bits per heavy atom. The maximum absolute atomic E-state index is 12.6. The molecule has 2 aliphatic rings. The number of nitrogens with one attached hydrogen (secondary N) is 1. The van der Waals surface area contributed by atoms with E-state index in [1.54, 1.807) is 6.21 Å². The number of nitrogens with zero attached hydrogens (tertiary/aromatic N) is 1. The lowest BCUT2D eigenvalue weighted by molar-refractivity contribution is -0.115. The lowest BCUT2D eigenvalue weighted by atomic mass is 9.82. The maximum Gasteiger partial charge on any atom is 0.166 e. The van der Waals surface area contributed by atoms with E-state index in [4.69, 9.17) is 11.6 Å². The van der Waals surface area contributed by atoms with E-state index in [0.717, 1.165) is 29.1 Å². The summed E-state index contributed by atoms with van der Waals surface area (Å²) in [4.78, 5) is 17.0. The maximum atomic E-state index is 12.6. The van der Waals surface area contributed by atoms with Gasteiger partial charge in [-0.1, -0.05) is 35.9 Å². The van der Waals surface area contributed by atoms with Crippen LogP contribution in [0.2, 0.25) is 5.02 Å². The van der Waals surface area contributed by atoms with Crippen LogP contribution < -0.4 is 5.32 Å². The zero-order valence-corrected chi connectivity index (χ0v) is 13.2. The summed E-state index contributed by atoms with van der Waals surface area (Å²) < 4.78 is 0. The van der Waals surface area contributed by atoms with Crippen LogP contribution in [0, 0.1) is 0 Å². The Bertz CT molecular complexity index is 854. The molecule has 0 aromatic heterocycles. The van der Waals surface area contributed by atoms with Crippen LogP contribution in [0.1, 0.15) is 24.3 Å². The minimum absolute atomic E-state index is 0.125. The quantitative estimate of drug-likeness (QED) is 0.814. The highest BCUT2D eigenvalue weighted by atomic mass is 35.5. The molecule has 1 heterocycles. The van der Waals surface area contributed by atoms with Crippen LogP contribution in [0.3, 0.4) is 0 Å². The fourth-order valence-electron chi connectivity index (χ4n) is 3.18. The Hall–Kier alpha value is -2.39. The third-order valence-electron chi connectivity index (χ3n) is 4.35. The van der Waals surface area contributed by atoms with Crippen LogP contribution in [0.25, 0.3) is 0 Å². The second-order valence-corrected chi connectivity index (χ2v) is 6.31. The number of ketones is 1. The Balaban J connectivity index is 1.70. The molecule has 1 aliphatic heterocycles. The summed E-state index contributed by atoms with van der Waals surface area (Å²) in [5.74, 6) is 0.270. The topological polar surface area (TPSA) is 41.5 Å². The van der Waals surface area contributed by atoms with Gasteiger partial charge in [-0.3, -0.25) is 9.79 Å². The summed E-state index contributed by atoms with van der Waals surface area (Å²) in [5.41, 5.74) is 4.54.